The van der Waals surface area contributed by atoms with Crippen LogP contribution in [0.2, 0.25) is 0 Å². The number of pyridine rings is 2. The van der Waals surface area contributed by atoms with Gasteiger partial charge in [-0.1, -0.05) is 48.3 Å². The van der Waals surface area contributed by atoms with Gasteiger partial charge < -0.3 is 30.1 Å². The summed E-state index contributed by atoms with van der Waals surface area (Å²) in [5.74, 6) is 4.93. The topological polar surface area (TPSA) is 296 Å². The van der Waals surface area contributed by atoms with E-state index in [9.17, 15) is 33.2 Å². The van der Waals surface area contributed by atoms with E-state index in [0.717, 1.165) is 135 Å². The number of morpholine rings is 1. The summed E-state index contributed by atoms with van der Waals surface area (Å²) in [4.78, 5) is 112. The molecule has 5 N–H and O–H groups in total. The monoisotopic (exact) mass is 1730 g/mol. The number of anilines is 2. The summed E-state index contributed by atoms with van der Waals surface area (Å²) in [6, 6.07) is 31.1. The van der Waals surface area contributed by atoms with E-state index >= 15 is 4.39 Å². The van der Waals surface area contributed by atoms with Crippen molar-refractivity contribution in [2.75, 3.05) is 142 Å². The normalized spacial score (nSPS) is 21.0. The Morgan fingerprint density at radius 3 is 1.56 bits per heavy atom. The van der Waals surface area contributed by atoms with Crippen molar-refractivity contribution >= 4 is 108 Å². The van der Waals surface area contributed by atoms with Gasteiger partial charge in [-0.3, -0.25) is 73.6 Å². The van der Waals surface area contributed by atoms with Crippen LogP contribution in [0.5, 0.6) is 0 Å². The molecule has 30 heteroatoms. The number of terminal acetylenes is 2. The number of fused-ring (bicyclic) bond motifs is 3. The second-order valence-electron chi connectivity index (χ2n) is 34.0. The fraction of sp³-hybridized carbons (Fsp3) is 0.365. The zero-order chi connectivity index (χ0) is 87.1. The SMILES string of the molecule is C#CC1(C(=O)Nc2ccc3[nH]nc(-c4ccc(F)cc4)c3c2)CCN(CC(=O)N2CC=C(c3nccs3)CC2)C1.C#CC1(C(=O)Nc2ccc3[nH]nc(-c4ccnc(C)c4)c3c2)CCN(CC(=O)N2CCC(F)(c3nccs3)CC2)C1.Cc1cc(-c2n[nH]c3ccc(CC(=O)C4(CN5CCOCC5)CCN(CC(=O)N5CC=C(C6=CCC=C6)CC5)C4)cc23)ccn1. The number of hydrogen-bond acceptors (Lipinski definition) is 20. The Balaban J connectivity index is 0.000000134. The molecule has 5 amide bonds. The number of hydrogen-bond donors (Lipinski definition) is 5. The zero-order valence-corrected chi connectivity index (χ0v) is 72.2. The number of piperidine rings is 1. The molecule has 4 aromatic carbocycles. The molecule has 126 heavy (non-hydrogen) atoms. The second-order valence-corrected chi connectivity index (χ2v) is 35.8. The van der Waals surface area contributed by atoms with Crippen LogP contribution >= 0.6 is 22.7 Å². The molecule has 1 aliphatic carbocycles. The number of allylic oxidation sites excluding steroid dienone is 4. The highest BCUT2D eigenvalue weighted by atomic mass is 32.1. The lowest BCUT2D eigenvalue weighted by molar-refractivity contribution is -0.135. The van der Waals surface area contributed by atoms with E-state index in [4.69, 9.17) is 17.6 Å². The van der Waals surface area contributed by atoms with Gasteiger partial charge in [-0.15, -0.1) is 35.5 Å². The molecule has 19 rings (SSSR count). The smallest absolute Gasteiger partial charge is 0.244 e. The first kappa shape index (κ1) is 85.8. The molecule has 5 fully saturated rings. The summed E-state index contributed by atoms with van der Waals surface area (Å²) in [5, 5.41) is 36.5. The standard InChI is InChI=1S/C36H42N6O3.C30H30FN7O2S.C30H27FN6O2S/c1-26-20-30(8-12-37-26)35-31-21-27(6-7-32(31)38-39-35)22-33(43)36(24-40-16-18-45-19-17-40)11-15-41(25-36)23-34(44)42-13-9-29(10-14-42)28-4-2-3-5-28;1-3-29(7-12-37(19-29)18-25(39)38-13-8-30(31,9-14-38)28-33-11-15-41-28)27(40)34-22-4-5-24-23(17-22)26(36-35-24)21-6-10-32-20(2)16-21;1-2-30(11-15-36(19-30)18-26(38)37-13-9-21(10-14-37)28-32-12-16-40-28)29(39)33-23-7-8-25-24(17-23)27(35-34-25)20-3-5-22(31)6-4-20/h2,4-9,12,20-21H,3,10-11,13-19,22-25H2,1H3,(H,38,39);1,4-6,10-11,15-17H,7-9,12-14,18-19H2,2H3,(H,34,40)(H,35,36);1,3-9,12,16-17H,10-11,13-15,18-19H2,(H,33,39)(H,34,35). The maximum Gasteiger partial charge on any atom is 0.244 e. The molecule has 7 aromatic heterocycles. The molecular weight excluding hydrogens is 1630 g/mol. The number of amides is 5. The van der Waals surface area contributed by atoms with E-state index < -0.39 is 21.9 Å². The van der Waals surface area contributed by atoms with Gasteiger partial charge in [0.25, 0.3) is 0 Å². The number of aryl methyl sites for hydroxylation is 2. The predicted octanol–water partition coefficient (Wildman–Crippen LogP) is 12.7. The Labute approximate surface area is 737 Å². The molecule has 0 saturated carbocycles. The van der Waals surface area contributed by atoms with Crippen LogP contribution in [0.25, 0.3) is 72.1 Å². The van der Waals surface area contributed by atoms with Crippen LogP contribution in [0.3, 0.4) is 0 Å². The number of H-pyrrole nitrogens is 3. The van der Waals surface area contributed by atoms with Crippen LogP contribution in [0.4, 0.5) is 20.2 Å². The number of alkyl halides is 1. The van der Waals surface area contributed by atoms with Crippen molar-refractivity contribution in [1.82, 2.24) is 84.8 Å². The minimum Gasteiger partial charge on any atom is -0.379 e. The van der Waals surface area contributed by atoms with E-state index in [0.29, 0.717) is 127 Å². The molecule has 7 aliphatic heterocycles. The number of carbonyl (C=O) groups excluding carboxylic acids is 6. The van der Waals surface area contributed by atoms with E-state index in [-0.39, 0.29) is 73.6 Å². The average molecular weight is 1730 g/mol. The minimum atomic E-state index is -1.48. The summed E-state index contributed by atoms with van der Waals surface area (Å²) < 4.78 is 34.3. The largest absolute Gasteiger partial charge is 0.379 e. The Morgan fingerprint density at radius 2 is 1.05 bits per heavy atom. The van der Waals surface area contributed by atoms with Gasteiger partial charge in [0.05, 0.1) is 60.5 Å². The molecule has 11 aromatic rings. The molecule has 0 radical (unpaired) electrons. The molecule has 5 saturated heterocycles. The number of benzene rings is 4. The molecule has 0 bridgehead atoms. The quantitative estimate of drug-likeness (QED) is 0.0418. The maximum atomic E-state index is 15.3. The number of Topliss-reactive ketones (excluding diaryl/α,β-unsaturated/α-hetero) is 1. The van der Waals surface area contributed by atoms with Crippen LogP contribution in [-0.2, 0) is 45.6 Å². The third kappa shape index (κ3) is 18.9. The Hall–Kier alpha value is -12.4. The van der Waals surface area contributed by atoms with Gasteiger partial charge in [0.2, 0.25) is 29.5 Å². The number of aromatic nitrogens is 10. The molecule has 8 aliphatic rings. The predicted molar refractivity (Wildman–Crippen MR) is 484 cm³/mol. The fourth-order valence-corrected chi connectivity index (χ4v) is 19.9. The summed E-state index contributed by atoms with van der Waals surface area (Å²) in [5.41, 5.74) is 11.3. The van der Waals surface area contributed by atoms with Gasteiger partial charge in [0.1, 0.15) is 43.8 Å². The molecule has 0 spiro atoms. The summed E-state index contributed by atoms with van der Waals surface area (Å²) in [6.07, 6.45) is 34.8. The van der Waals surface area contributed by atoms with Gasteiger partial charge in [0.15, 0.2) is 5.67 Å². The number of halogens is 2. The van der Waals surface area contributed by atoms with Crippen LogP contribution in [0.15, 0.2) is 180 Å². The van der Waals surface area contributed by atoms with Gasteiger partial charge in [-0.2, -0.15) is 15.3 Å². The zero-order valence-electron chi connectivity index (χ0n) is 70.5. The van der Waals surface area contributed by atoms with Crippen LogP contribution in [0, 0.1) is 60.6 Å². The molecule has 3 atom stereocenters. The van der Waals surface area contributed by atoms with E-state index in [1.807, 2.05) is 106 Å². The van der Waals surface area contributed by atoms with Crippen molar-refractivity contribution in [2.24, 2.45) is 16.2 Å². The number of rotatable bonds is 21. The lowest BCUT2D eigenvalue weighted by atomic mass is 9.79. The lowest BCUT2D eigenvalue weighted by Crippen LogP contribution is -2.49. The highest BCUT2D eigenvalue weighted by Gasteiger charge is 2.49. The lowest BCUT2D eigenvalue weighted by Gasteiger charge is -2.36. The highest BCUT2D eigenvalue weighted by Crippen LogP contribution is 2.42. The highest BCUT2D eigenvalue weighted by molar-refractivity contribution is 7.10. The fourth-order valence-electron chi connectivity index (χ4n) is 18.4. The van der Waals surface area contributed by atoms with Gasteiger partial charge in [-0.25, -0.2) is 18.7 Å². The molecular formula is C96H99F2N19O7S2. The average Bonchev–Trinajstić information content (AvgIpc) is 2.18. The van der Waals surface area contributed by atoms with Crippen molar-refractivity contribution in [3.05, 3.63) is 213 Å². The third-order valence-corrected chi connectivity index (χ3v) is 27.4. The molecule has 3 unspecified atom stereocenters. The Bertz CT molecular complexity index is 6130. The number of carbonyl (C=O) groups is 6. The van der Waals surface area contributed by atoms with Crippen molar-refractivity contribution in [2.45, 2.75) is 77.3 Å². The van der Waals surface area contributed by atoms with E-state index in [2.05, 4.69) is 119 Å². The van der Waals surface area contributed by atoms with E-state index in [1.165, 1.54) is 40.2 Å². The Kier molecular flexibility index (Phi) is 25.5. The summed E-state index contributed by atoms with van der Waals surface area (Å²) in [7, 11) is 0. The molecule has 26 nitrogen and oxygen atoms in total. The summed E-state index contributed by atoms with van der Waals surface area (Å²) >= 11 is 2.92. The number of aromatic amines is 3. The van der Waals surface area contributed by atoms with Crippen LogP contribution < -0.4 is 10.6 Å². The first-order valence-electron chi connectivity index (χ1n) is 42.9. The number of ketones is 1. The third-order valence-electron chi connectivity index (χ3n) is 25.6. The summed E-state index contributed by atoms with van der Waals surface area (Å²) in [6.45, 7) is 14.7. The van der Waals surface area contributed by atoms with Crippen molar-refractivity contribution < 1.29 is 42.3 Å². The van der Waals surface area contributed by atoms with Crippen molar-refractivity contribution in [3.63, 3.8) is 0 Å². The minimum absolute atomic E-state index is 0.0291. The number of thiazole rings is 2. The van der Waals surface area contributed by atoms with Gasteiger partial charge in [-0.05, 0) is 178 Å². The number of likely N-dealkylation sites (tertiary alicyclic amines) is 4. The van der Waals surface area contributed by atoms with Crippen molar-refractivity contribution in [3.8, 4) is 58.5 Å². The van der Waals surface area contributed by atoms with Crippen LogP contribution in [0.1, 0.15) is 78.3 Å². The maximum absolute atomic E-state index is 15.3. The number of ether oxygens (including phenoxy) is 1. The van der Waals surface area contributed by atoms with Crippen LogP contribution in [-0.4, -0.2) is 251 Å². The number of nitrogens with one attached hydrogen (secondary N) is 5. The van der Waals surface area contributed by atoms with E-state index in [1.54, 1.807) is 64.6 Å². The molecule has 14 heterocycles. The Morgan fingerprint density at radius 1 is 0.524 bits per heavy atom. The second kappa shape index (κ2) is 37.4. The first-order chi connectivity index (χ1) is 61.2. The first-order valence-corrected chi connectivity index (χ1v) is 44.7. The number of nitrogens with zero attached hydrogens (tertiary/aromatic N) is 14. The van der Waals surface area contributed by atoms with Gasteiger partial charge >= 0.3 is 0 Å². The van der Waals surface area contributed by atoms with Crippen molar-refractivity contribution in [1.29, 1.82) is 0 Å². The molecule has 646 valence electrons. The van der Waals surface area contributed by atoms with Gasteiger partial charge in [0, 0.05) is 202 Å².